The van der Waals surface area contributed by atoms with Crippen LogP contribution in [0.2, 0.25) is 5.02 Å². The highest BCUT2D eigenvalue weighted by Gasteiger charge is 2.34. The third-order valence-corrected chi connectivity index (χ3v) is 7.37. The number of methoxy groups -OCH3 is 2. The SMILES string of the molecule is COc1ccc(-c2cnc(CCC(=O)NC(Cc3ccc(Cl)c(C(F)(F)F)c3)C3CCCNC3)nc2)cc1OC. The molecular weight excluding hydrogens is 545 g/mol. The summed E-state index contributed by atoms with van der Waals surface area (Å²) in [5.41, 5.74) is 1.26. The molecule has 1 aromatic heterocycles. The van der Waals surface area contributed by atoms with Crippen molar-refractivity contribution in [2.75, 3.05) is 27.3 Å². The molecule has 2 heterocycles. The van der Waals surface area contributed by atoms with Crippen molar-refractivity contribution < 1.29 is 27.4 Å². The summed E-state index contributed by atoms with van der Waals surface area (Å²) in [6, 6.07) is 9.12. The number of nitrogens with one attached hydrogen (secondary N) is 2. The third-order valence-electron chi connectivity index (χ3n) is 7.04. The lowest BCUT2D eigenvalue weighted by atomic mass is 9.87. The number of carbonyl (C=O) groups is 1. The lowest BCUT2D eigenvalue weighted by Crippen LogP contribution is -2.47. The number of carbonyl (C=O) groups excluding carboxylic acids is 1. The number of rotatable bonds is 10. The topological polar surface area (TPSA) is 85.4 Å². The second-order valence-corrected chi connectivity index (χ2v) is 10.2. The Kier molecular flexibility index (Phi) is 9.86. The number of hydrogen-bond donors (Lipinski definition) is 2. The van der Waals surface area contributed by atoms with Crippen LogP contribution in [0, 0.1) is 5.92 Å². The van der Waals surface area contributed by atoms with Crippen molar-refractivity contribution in [3.05, 3.63) is 70.8 Å². The summed E-state index contributed by atoms with van der Waals surface area (Å²) in [6.45, 7) is 1.57. The van der Waals surface area contributed by atoms with Gasteiger partial charge in [0.25, 0.3) is 0 Å². The molecule has 2 unspecified atom stereocenters. The zero-order valence-electron chi connectivity index (χ0n) is 22.4. The van der Waals surface area contributed by atoms with E-state index in [9.17, 15) is 18.0 Å². The fourth-order valence-electron chi connectivity index (χ4n) is 4.88. The van der Waals surface area contributed by atoms with Gasteiger partial charge in [-0.3, -0.25) is 4.79 Å². The van der Waals surface area contributed by atoms with Gasteiger partial charge in [0.1, 0.15) is 5.82 Å². The van der Waals surface area contributed by atoms with Gasteiger partial charge in [-0.1, -0.05) is 23.7 Å². The first-order valence-corrected chi connectivity index (χ1v) is 13.4. The van der Waals surface area contributed by atoms with Crippen molar-refractivity contribution in [1.29, 1.82) is 0 Å². The predicted molar refractivity (Wildman–Crippen MR) is 147 cm³/mol. The Labute approximate surface area is 236 Å². The van der Waals surface area contributed by atoms with Crippen molar-refractivity contribution >= 4 is 17.5 Å². The molecule has 0 bridgehead atoms. The Balaban J connectivity index is 1.40. The van der Waals surface area contributed by atoms with Gasteiger partial charge in [-0.05, 0) is 73.7 Å². The van der Waals surface area contributed by atoms with Gasteiger partial charge in [0.15, 0.2) is 11.5 Å². The van der Waals surface area contributed by atoms with E-state index >= 15 is 0 Å². The molecule has 4 rings (SSSR count). The smallest absolute Gasteiger partial charge is 0.417 e. The van der Waals surface area contributed by atoms with E-state index in [1.54, 1.807) is 38.7 Å². The molecule has 7 nitrogen and oxygen atoms in total. The van der Waals surface area contributed by atoms with Crippen LogP contribution in [-0.2, 0) is 23.8 Å². The number of aryl methyl sites for hydroxylation is 1. The summed E-state index contributed by atoms with van der Waals surface area (Å²) in [7, 11) is 3.14. The molecule has 214 valence electrons. The fourth-order valence-corrected chi connectivity index (χ4v) is 5.11. The number of hydrogen-bond acceptors (Lipinski definition) is 6. The summed E-state index contributed by atoms with van der Waals surface area (Å²) in [5, 5.41) is 6.05. The first kappa shape index (κ1) is 29.6. The monoisotopic (exact) mass is 576 g/mol. The van der Waals surface area contributed by atoms with Gasteiger partial charge >= 0.3 is 6.18 Å². The van der Waals surface area contributed by atoms with Crippen LogP contribution in [0.5, 0.6) is 11.5 Å². The minimum Gasteiger partial charge on any atom is -0.493 e. The van der Waals surface area contributed by atoms with Crippen LogP contribution >= 0.6 is 11.6 Å². The zero-order chi connectivity index (χ0) is 28.7. The van der Waals surface area contributed by atoms with Gasteiger partial charge in [-0.25, -0.2) is 9.97 Å². The molecule has 1 amide bonds. The second-order valence-electron chi connectivity index (χ2n) is 9.75. The molecule has 40 heavy (non-hydrogen) atoms. The van der Waals surface area contributed by atoms with E-state index in [1.165, 1.54) is 6.07 Å². The van der Waals surface area contributed by atoms with Crippen LogP contribution in [0.3, 0.4) is 0 Å². The van der Waals surface area contributed by atoms with Crippen LogP contribution in [-0.4, -0.2) is 49.2 Å². The van der Waals surface area contributed by atoms with Gasteiger partial charge in [0.05, 0.1) is 24.8 Å². The number of benzene rings is 2. The molecule has 1 aliphatic heterocycles. The lowest BCUT2D eigenvalue weighted by Gasteiger charge is -2.32. The summed E-state index contributed by atoms with van der Waals surface area (Å²) in [5.74, 6) is 1.63. The quantitative estimate of drug-likeness (QED) is 0.332. The Hall–Kier alpha value is -3.37. The number of halogens is 4. The minimum absolute atomic E-state index is 0.0970. The molecule has 11 heteroatoms. The molecule has 1 saturated heterocycles. The van der Waals surface area contributed by atoms with Crippen molar-refractivity contribution in [2.45, 2.75) is 44.3 Å². The van der Waals surface area contributed by atoms with Gasteiger partial charge in [0, 0.05) is 36.8 Å². The average molecular weight is 577 g/mol. The lowest BCUT2D eigenvalue weighted by molar-refractivity contribution is -0.137. The van der Waals surface area contributed by atoms with Gasteiger partial charge in [0.2, 0.25) is 5.91 Å². The zero-order valence-corrected chi connectivity index (χ0v) is 23.1. The first-order chi connectivity index (χ1) is 19.2. The molecule has 1 aliphatic rings. The standard InChI is InChI=1S/C29H32ClF3N4O3/c1-39-25-8-6-19(14-26(25)40-2)21-16-35-27(36-17-21)9-10-28(38)37-24(20-4-3-11-34-15-20)13-18-5-7-23(30)22(12-18)29(31,32)33/h5-8,12,14,16-17,20,24,34H,3-4,9-11,13,15H2,1-2H3,(H,37,38). The molecule has 0 radical (unpaired) electrons. The van der Waals surface area contributed by atoms with Crippen molar-refractivity contribution in [3.63, 3.8) is 0 Å². The van der Waals surface area contributed by atoms with Crippen molar-refractivity contribution in [3.8, 4) is 22.6 Å². The Morgan fingerprint density at radius 3 is 2.50 bits per heavy atom. The second kappa shape index (κ2) is 13.3. The van der Waals surface area contributed by atoms with Crippen molar-refractivity contribution in [1.82, 2.24) is 20.6 Å². The Morgan fingerprint density at radius 1 is 1.10 bits per heavy atom. The van der Waals surface area contributed by atoms with E-state index in [-0.39, 0.29) is 35.7 Å². The number of nitrogens with zero attached hydrogens (tertiary/aromatic N) is 2. The van der Waals surface area contributed by atoms with Crippen LogP contribution in [0.25, 0.3) is 11.1 Å². The van der Waals surface area contributed by atoms with E-state index in [1.807, 2.05) is 12.1 Å². The van der Waals surface area contributed by atoms with Crippen LogP contribution in [0.1, 0.15) is 36.2 Å². The Bertz CT molecular complexity index is 1300. The molecule has 0 aliphatic carbocycles. The third kappa shape index (κ3) is 7.63. The molecule has 2 aromatic carbocycles. The molecule has 2 atom stereocenters. The molecule has 0 saturated carbocycles. The molecule has 1 fully saturated rings. The molecule has 0 spiro atoms. The molecule has 2 N–H and O–H groups in total. The normalized spacial score (nSPS) is 16.3. The van der Waals surface area contributed by atoms with Crippen LogP contribution in [0.15, 0.2) is 48.8 Å². The van der Waals surface area contributed by atoms with Crippen LogP contribution in [0.4, 0.5) is 13.2 Å². The van der Waals surface area contributed by atoms with E-state index in [4.69, 9.17) is 21.1 Å². The number of aromatic nitrogens is 2. The summed E-state index contributed by atoms with van der Waals surface area (Å²) >= 11 is 5.80. The summed E-state index contributed by atoms with van der Waals surface area (Å²) < 4.78 is 50.8. The highest BCUT2D eigenvalue weighted by Crippen LogP contribution is 2.36. The van der Waals surface area contributed by atoms with Crippen LogP contribution < -0.4 is 20.1 Å². The maximum Gasteiger partial charge on any atom is 0.417 e. The highest BCUT2D eigenvalue weighted by molar-refractivity contribution is 6.31. The fraction of sp³-hybridized carbons (Fsp3) is 0.414. The highest BCUT2D eigenvalue weighted by atomic mass is 35.5. The van der Waals surface area contributed by atoms with Gasteiger partial charge in [-0.15, -0.1) is 0 Å². The number of amides is 1. The van der Waals surface area contributed by atoms with E-state index in [0.717, 1.165) is 36.6 Å². The van der Waals surface area contributed by atoms with Crippen molar-refractivity contribution in [2.24, 2.45) is 5.92 Å². The summed E-state index contributed by atoms with van der Waals surface area (Å²) in [6.07, 6.45) is 1.40. The van der Waals surface area contributed by atoms with E-state index in [0.29, 0.717) is 35.9 Å². The largest absolute Gasteiger partial charge is 0.493 e. The van der Waals surface area contributed by atoms with Gasteiger partial charge < -0.3 is 20.1 Å². The minimum atomic E-state index is -4.55. The van der Waals surface area contributed by atoms with E-state index < -0.39 is 11.7 Å². The number of piperidine rings is 1. The number of ether oxygens (including phenoxy) is 2. The summed E-state index contributed by atoms with van der Waals surface area (Å²) in [4.78, 5) is 21.8. The molecular formula is C29H32ClF3N4O3. The maximum atomic E-state index is 13.4. The Morgan fingerprint density at radius 2 is 1.85 bits per heavy atom. The number of alkyl halides is 3. The predicted octanol–water partition coefficient (Wildman–Crippen LogP) is 5.49. The maximum absolute atomic E-state index is 13.4. The van der Waals surface area contributed by atoms with Gasteiger partial charge in [-0.2, -0.15) is 13.2 Å². The first-order valence-electron chi connectivity index (χ1n) is 13.1. The molecule has 3 aromatic rings. The average Bonchev–Trinajstić information content (AvgIpc) is 2.96. The van der Waals surface area contributed by atoms with E-state index in [2.05, 4.69) is 20.6 Å².